The van der Waals surface area contributed by atoms with Crippen LogP contribution in [0.25, 0.3) is 0 Å². The molecule has 26 heavy (non-hydrogen) atoms. The lowest BCUT2D eigenvalue weighted by Gasteiger charge is -2.34. The molecule has 1 N–H and O–H groups in total. The van der Waals surface area contributed by atoms with Crippen LogP contribution in [-0.4, -0.2) is 34.8 Å². The first-order valence-electron chi connectivity index (χ1n) is 9.12. The zero-order chi connectivity index (χ0) is 19.1. The molecule has 0 heterocycles. The molecular formula is C22H28N2O2. The summed E-state index contributed by atoms with van der Waals surface area (Å²) in [7, 11) is 0. The van der Waals surface area contributed by atoms with Gasteiger partial charge in [0.25, 0.3) is 5.91 Å². The van der Waals surface area contributed by atoms with E-state index in [9.17, 15) is 9.59 Å². The lowest BCUT2D eigenvalue weighted by atomic mass is 10.0. The maximum atomic E-state index is 13.2. The first-order chi connectivity index (χ1) is 12.4. The minimum Gasteiger partial charge on any atom is -0.340 e. The van der Waals surface area contributed by atoms with Crippen molar-refractivity contribution in [2.75, 3.05) is 0 Å². The molecule has 0 aromatic heterocycles. The summed E-state index contributed by atoms with van der Waals surface area (Å²) in [6, 6.07) is 18.3. The molecule has 0 bridgehead atoms. The van der Waals surface area contributed by atoms with Crippen molar-refractivity contribution in [1.82, 2.24) is 10.2 Å². The number of carbonyl (C=O) groups is 2. The number of nitrogens with zero attached hydrogens (tertiary/aromatic N) is 1. The highest BCUT2D eigenvalue weighted by molar-refractivity contribution is 5.97. The van der Waals surface area contributed by atoms with Crippen LogP contribution in [0, 0.1) is 0 Å². The third-order valence-electron chi connectivity index (χ3n) is 4.29. The van der Waals surface area contributed by atoms with Gasteiger partial charge in [-0.2, -0.15) is 0 Å². The van der Waals surface area contributed by atoms with E-state index in [2.05, 4.69) is 5.32 Å². The summed E-state index contributed by atoms with van der Waals surface area (Å²) in [6.45, 7) is 7.99. The Morgan fingerprint density at radius 1 is 0.846 bits per heavy atom. The number of hydrogen-bond acceptors (Lipinski definition) is 2. The van der Waals surface area contributed by atoms with Crippen LogP contribution >= 0.6 is 0 Å². The average Bonchev–Trinajstić information content (AvgIpc) is 2.62. The van der Waals surface area contributed by atoms with Crippen molar-refractivity contribution in [2.45, 2.75) is 52.2 Å². The number of hydrogen-bond donors (Lipinski definition) is 1. The molecule has 2 aromatic rings. The Labute approximate surface area is 156 Å². The van der Waals surface area contributed by atoms with Gasteiger partial charge in [0.15, 0.2) is 0 Å². The lowest BCUT2D eigenvalue weighted by Crippen LogP contribution is -2.53. The van der Waals surface area contributed by atoms with E-state index in [1.807, 2.05) is 81.1 Å². The Morgan fingerprint density at radius 2 is 1.35 bits per heavy atom. The van der Waals surface area contributed by atoms with Gasteiger partial charge in [-0.15, -0.1) is 0 Å². The van der Waals surface area contributed by atoms with Crippen LogP contribution in [0.1, 0.15) is 43.6 Å². The smallest absolute Gasteiger partial charge is 0.251 e. The first-order valence-corrected chi connectivity index (χ1v) is 9.12. The van der Waals surface area contributed by atoms with E-state index >= 15 is 0 Å². The van der Waals surface area contributed by atoms with E-state index in [-0.39, 0.29) is 23.9 Å². The summed E-state index contributed by atoms with van der Waals surface area (Å²) in [5.74, 6) is -0.282. The number of nitrogens with one attached hydrogen (secondary N) is 1. The zero-order valence-corrected chi connectivity index (χ0v) is 16.0. The molecule has 4 heteroatoms. The molecule has 1 unspecified atom stereocenters. The highest BCUT2D eigenvalue weighted by Crippen LogP contribution is 2.12. The predicted octanol–water partition coefficient (Wildman–Crippen LogP) is 3.67. The molecule has 0 saturated heterocycles. The van der Waals surface area contributed by atoms with Crippen molar-refractivity contribution in [2.24, 2.45) is 0 Å². The Hall–Kier alpha value is -2.62. The van der Waals surface area contributed by atoms with Crippen LogP contribution in [0.4, 0.5) is 0 Å². The van der Waals surface area contributed by atoms with Crippen molar-refractivity contribution in [3.05, 3.63) is 71.8 Å². The Balaban J connectivity index is 2.26. The largest absolute Gasteiger partial charge is 0.340 e. The van der Waals surface area contributed by atoms with Crippen LogP contribution in [0.2, 0.25) is 0 Å². The van der Waals surface area contributed by atoms with Gasteiger partial charge >= 0.3 is 0 Å². The van der Waals surface area contributed by atoms with Gasteiger partial charge in [0.2, 0.25) is 5.91 Å². The highest BCUT2D eigenvalue weighted by Gasteiger charge is 2.29. The molecule has 0 aliphatic carbocycles. The fraction of sp³-hybridized carbons (Fsp3) is 0.364. The fourth-order valence-electron chi connectivity index (χ4n) is 3.17. The molecule has 2 aromatic carbocycles. The number of amides is 2. The van der Waals surface area contributed by atoms with Gasteiger partial charge in [0, 0.05) is 24.1 Å². The minimum absolute atomic E-state index is 0.0527. The number of benzene rings is 2. The van der Waals surface area contributed by atoms with Crippen LogP contribution in [0.15, 0.2) is 60.7 Å². The standard InChI is InChI=1S/C22H28N2O2/c1-16(2)24(17(3)4)22(26)20(15-18-11-7-5-8-12-18)23-21(25)19-13-9-6-10-14-19/h5-14,16-17,20H,15H2,1-4H3,(H,23,25). The van der Waals surface area contributed by atoms with Gasteiger partial charge in [0.05, 0.1) is 0 Å². The SMILES string of the molecule is CC(C)N(C(=O)C(Cc1ccccc1)NC(=O)c1ccccc1)C(C)C. The summed E-state index contributed by atoms with van der Waals surface area (Å²) in [5.41, 5.74) is 1.57. The third kappa shape index (κ3) is 5.19. The summed E-state index contributed by atoms with van der Waals surface area (Å²) in [6.07, 6.45) is 0.466. The molecule has 0 saturated carbocycles. The molecule has 138 valence electrons. The highest BCUT2D eigenvalue weighted by atomic mass is 16.2. The summed E-state index contributed by atoms with van der Waals surface area (Å²) < 4.78 is 0. The van der Waals surface area contributed by atoms with Crippen molar-refractivity contribution < 1.29 is 9.59 Å². The van der Waals surface area contributed by atoms with Crippen LogP contribution in [0.3, 0.4) is 0 Å². The van der Waals surface area contributed by atoms with Gasteiger partial charge in [-0.1, -0.05) is 48.5 Å². The lowest BCUT2D eigenvalue weighted by molar-refractivity contribution is -0.136. The second-order valence-electron chi connectivity index (χ2n) is 7.01. The van der Waals surface area contributed by atoms with Crippen molar-refractivity contribution in [3.8, 4) is 0 Å². The summed E-state index contributed by atoms with van der Waals surface area (Å²) in [5, 5.41) is 2.94. The van der Waals surface area contributed by atoms with Gasteiger partial charge in [0.1, 0.15) is 6.04 Å². The molecular weight excluding hydrogens is 324 g/mol. The molecule has 2 rings (SSSR count). The summed E-state index contributed by atoms with van der Waals surface area (Å²) in [4.78, 5) is 27.7. The molecule has 0 radical (unpaired) electrons. The molecule has 0 fully saturated rings. The van der Waals surface area contributed by atoms with Crippen LogP contribution in [0.5, 0.6) is 0 Å². The van der Waals surface area contributed by atoms with E-state index in [0.29, 0.717) is 12.0 Å². The van der Waals surface area contributed by atoms with E-state index in [4.69, 9.17) is 0 Å². The second-order valence-corrected chi connectivity index (χ2v) is 7.01. The van der Waals surface area contributed by atoms with E-state index in [1.165, 1.54) is 0 Å². The number of rotatable bonds is 7. The third-order valence-corrected chi connectivity index (χ3v) is 4.29. The van der Waals surface area contributed by atoms with E-state index in [0.717, 1.165) is 5.56 Å². The van der Waals surface area contributed by atoms with Crippen LogP contribution < -0.4 is 5.32 Å². The van der Waals surface area contributed by atoms with Gasteiger partial charge in [-0.05, 0) is 45.4 Å². The van der Waals surface area contributed by atoms with Crippen LogP contribution in [-0.2, 0) is 11.2 Å². The first kappa shape index (κ1) is 19.7. The molecule has 0 aliphatic heterocycles. The predicted molar refractivity (Wildman–Crippen MR) is 105 cm³/mol. The van der Waals surface area contributed by atoms with Crippen molar-refractivity contribution in [1.29, 1.82) is 0 Å². The molecule has 4 nitrogen and oxygen atoms in total. The fourth-order valence-corrected chi connectivity index (χ4v) is 3.17. The molecule has 0 spiro atoms. The number of carbonyl (C=O) groups excluding carboxylic acids is 2. The molecule has 0 aliphatic rings. The summed E-state index contributed by atoms with van der Waals surface area (Å²) >= 11 is 0. The topological polar surface area (TPSA) is 49.4 Å². The monoisotopic (exact) mass is 352 g/mol. The van der Waals surface area contributed by atoms with Crippen molar-refractivity contribution >= 4 is 11.8 Å². The average molecular weight is 352 g/mol. The van der Waals surface area contributed by atoms with E-state index in [1.54, 1.807) is 12.1 Å². The normalized spacial score (nSPS) is 12.1. The minimum atomic E-state index is -0.602. The zero-order valence-electron chi connectivity index (χ0n) is 16.0. The van der Waals surface area contributed by atoms with E-state index < -0.39 is 6.04 Å². The molecule has 1 atom stereocenters. The van der Waals surface area contributed by atoms with Gasteiger partial charge < -0.3 is 10.2 Å². The molecule has 2 amide bonds. The maximum Gasteiger partial charge on any atom is 0.251 e. The quantitative estimate of drug-likeness (QED) is 0.826. The second kappa shape index (κ2) is 9.18. The Kier molecular flexibility index (Phi) is 6.96. The Bertz CT molecular complexity index is 703. The maximum absolute atomic E-state index is 13.2. The van der Waals surface area contributed by atoms with Crippen molar-refractivity contribution in [3.63, 3.8) is 0 Å². The van der Waals surface area contributed by atoms with Gasteiger partial charge in [-0.3, -0.25) is 9.59 Å². The van der Waals surface area contributed by atoms with Gasteiger partial charge in [-0.25, -0.2) is 0 Å². The Morgan fingerprint density at radius 3 is 1.85 bits per heavy atom.